The molecule has 4 rings (SSSR count). The van der Waals surface area contributed by atoms with Crippen molar-refractivity contribution in [2.75, 3.05) is 34.3 Å². The van der Waals surface area contributed by atoms with E-state index in [1.807, 2.05) is 0 Å². The van der Waals surface area contributed by atoms with E-state index in [1.54, 1.807) is 12.1 Å². The summed E-state index contributed by atoms with van der Waals surface area (Å²) in [6.07, 6.45) is -0.192. The Morgan fingerprint density at radius 1 is 0.529 bits per heavy atom. The Kier molecular flexibility index (Phi) is 12.3. The van der Waals surface area contributed by atoms with Gasteiger partial charge in [-0.3, -0.25) is 0 Å². The highest BCUT2D eigenvalue weighted by atomic mass is 35.5. The molecule has 0 amide bonds. The van der Waals surface area contributed by atoms with Gasteiger partial charge in [-0.05, 0) is 69.8 Å². The minimum absolute atomic E-state index is 0.0962. The van der Waals surface area contributed by atoms with Gasteiger partial charge in [-0.15, -0.1) is 11.6 Å². The fourth-order valence-corrected chi connectivity index (χ4v) is 6.34. The summed E-state index contributed by atoms with van der Waals surface area (Å²) < 4.78 is 19.3. The first-order valence-corrected chi connectivity index (χ1v) is 16.1. The Hall–Kier alpha value is -5.17. The molecular weight excluding hydrogens is 731 g/mol. The molecule has 51 heavy (non-hydrogen) atoms. The van der Waals surface area contributed by atoms with E-state index in [0.29, 0.717) is 22.3 Å². The monoisotopic (exact) mass is 760 g/mol. The van der Waals surface area contributed by atoms with Gasteiger partial charge in [0.25, 0.3) is 0 Å². The van der Waals surface area contributed by atoms with Gasteiger partial charge < -0.3 is 39.4 Å². The normalized spacial score (nSPS) is 10.9. The standard InChI is InChI=1S/C36H31Cl3O12/c1-48-33(44)22-7-16(9-27(38)31(22)42)5-20-11-18(13-24(29(20)40)35(46)50-3)26(15-37)19-12-21(30(41)25(14-19)36(47)51-4)6-17-8-23(34(45)49-2)32(43)28(39)10-17/h7-14,26,40-43H,5-6,15H2,1-4H3. The number of phenols is 4. The topological polar surface area (TPSA) is 186 Å². The molecule has 0 saturated heterocycles. The second-order valence-corrected chi connectivity index (χ2v) is 12.2. The third kappa shape index (κ3) is 8.09. The van der Waals surface area contributed by atoms with Crippen molar-refractivity contribution in [1.29, 1.82) is 0 Å². The third-order valence-electron chi connectivity index (χ3n) is 8.04. The van der Waals surface area contributed by atoms with Crippen LogP contribution in [0, 0.1) is 0 Å². The largest absolute Gasteiger partial charge is 0.507 e. The molecule has 4 aromatic rings. The average molecular weight is 762 g/mol. The van der Waals surface area contributed by atoms with Gasteiger partial charge >= 0.3 is 23.9 Å². The highest BCUT2D eigenvalue weighted by Gasteiger charge is 2.27. The van der Waals surface area contributed by atoms with E-state index in [1.165, 1.54) is 36.4 Å². The molecule has 0 aliphatic heterocycles. The van der Waals surface area contributed by atoms with Gasteiger partial charge in [0, 0.05) is 24.6 Å². The zero-order chi connectivity index (χ0) is 37.7. The number of phenolic OH excluding ortho intramolecular Hbond substituents is 4. The number of carbonyl (C=O) groups excluding carboxylic acids is 4. The molecule has 15 heteroatoms. The number of methoxy groups -OCH3 is 4. The lowest BCUT2D eigenvalue weighted by atomic mass is 9.86. The predicted molar refractivity (Wildman–Crippen MR) is 186 cm³/mol. The van der Waals surface area contributed by atoms with E-state index in [-0.39, 0.29) is 62.1 Å². The third-order valence-corrected chi connectivity index (χ3v) is 8.92. The van der Waals surface area contributed by atoms with E-state index >= 15 is 0 Å². The van der Waals surface area contributed by atoms with E-state index in [0.717, 1.165) is 28.4 Å². The summed E-state index contributed by atoms with van der Waals surface area (Å²) in [5.41, 5.74) is 0.966. The van der Waals surface area contributed by atoms with Gasteiger partial charge in [-0.1, -0.05) is 35.3 Å². The molecule has 4 N–H and O–H groups in total. The summed E-state index contributed by atoms with van der Waals surface area (Å²) in [6, 6.07) is 11.3. The lowest BCUT2D eigenvalue weighted by Gasteiger charge is -2.21. The van der Waals surface area contributed by atoms with Gasteiger partial charge in [0.1, 0.15) is 45.3 Å². The Balaban J connectivity index is 1.90. The number of ether oxygens (including phenoxy) is 4. The lowest BCUT2D eigenvalue weighted by Crippen LogP contribution is -2.12. The van der Waals surface area contributed by atoms with Crippen LogP contribution in [0.25, 0.3) is 0 Å². The number of benzene rings is 4. The van der Waals surface area contributed by atoms with Crippen molar-refractivity contribution in [3.8, 4) is 23.0 Å². The molecule has 4 aromatic carbocycles. The fourth-order valence-electron chi connectivity index (χ4n) is 5.50. The Morgan fingerprint density at radius 2 is 0.843 bits per heavy atom. The number of hydrogen-bond acceptors (Lipinski definition) is 12. The molecule has 12 nitrogen and oxygen atoms in total. The lowest BCUT2D eigenvalue weighted by molar-refractivity contribution is 0.0587. The number of alkyl halides is 1. The quantitative estimate of drug-likeness (QED) is 0.0738. The maximum Gasteiger partial charge on any atom is 0.341 e. The first kappa shape index (κ1) is 38.6. The first-order valence-electron chi connectivity index (χ1n) is 14.8. The number of halogens is 3. The Morgan fingerprint density at radius 3 is 1.14 bits per heavy atom. The molecule has 0 bridgehead atoms. The maximum atomic E-state index is 12.9. The highest BCUT2D eigenvalue weighted by molar-refractivity contribution is 6.33. The molecule has 0 aliphatic rings. The van der Waals surface area contributed by atoms with Crippen molar-refractivity contribution in [1.82, 2.24) is 0 Å². The van der Waals surface area contributed by atoms with Crippen LogP contribution in [-0.4, -0.2) is 78.6 Å². The van der Waals surface area contributed by atoms with Crippen LogP contribution >= 0.6 is 34.8 Å². The number of rotatable bonds is 11. The summed E-state index contributed by atoms with van der Waals surface area (Å²) >= 11 is 18.9. The molecule has 0 spiro atoms. The van der Waals surface area contributed by atoms with Crippen LogP contribution in [0.2, 0.25) is 10.0 Å². The molecule has 0 fully saturated rings. The van der Waals surface area contributed by atoms with Crippen LogP contribution in [-0.2, 0) is 31.8 Å². The minimum Gasteiger partial charge on any atom is -0.507 e. The van der Waals surface area contributed by atoms with Crippen LogP contribution in [0.4, 0.5) is 0 Å². The Bertz CT molecular complexity index is 1900. The van der Waals surface area contributed by atoms with E-state index in [2.05, 4.69) is 0 Å². The molecule has 0 heterocycles. The predicted octanol–water partition coefficient (Wildman–Crippen LogP) is 6.51. The second-order valence-electron chi connectivity index (χ2n) is 11.1. The van der Waals surface area contributed by atoms with Crippen LogP contribution in [0.1, 0.15) is 80.7 Å². The van der Waals surface area contributed by atoms with Crippen LogP contribution in [0.3, 0.4) is 0 Å². The van der Waals surface area contributed by atoms with Crippen LogP contribution < -0.4 is 0 Å². The average Bonchev–Trinajstić information content (AvgIpc) is 3.12. The fraction of sp³-hybridized carbons (Fsp3) is 0.222. The van der Waals surface area contributed by atoms with Crippen molar-refractivity contribution in [2.45, 2.75) is 18.8 Å². The second kappa shape index (κ2) is 16.2. The SMILES string of the molecule is COC(=O)c1cc(Cc2cc(C(CCl)c3cc(Cc4cc(Cl)c(O)c(C(=O)OC)c4)c(O)c(C(=O)OC)c3)cc(C(=O)OC)c2O)cc(Cl)c1O. The Labute approximate surface area is 306 Å². The van der Waals surface area contributed by atoms with Gasteiger partial charge in [0.15, 0.2) is 0 Å². The molecule has 0 aliphatic carbocycles. The highest BCUT2D eigenvalue weighted by Crippen LogP contribution is 2.39. The zero-order valence-corrected chi connectivity index (χ0v) is 29.8. The van der Waals surface area contributed by atoms with Gasteiger partial charge in [0.05, 0.1) is 38.5 Å². The van der Waals surface area contributed by atoms with Crippen LogP contribution in [0.15, 0.2) is 48.5 Å². The van der Waals surface area contributed by atoms with Gasteiger partial charge in [-0.2, -0.15) is 0 Å². The van der Waals surface area contributed by atoms with Crippen LogP contribution in [0.5, 0.6) is 23.0 Å². The van der Waals surface area contributed by atoms with E-state index in [9.17, 15) is 39.6 Å². The zero-order valence-electron chi connectivity index (χ0n) is 27.5. The number of hydrogen-bond donors (Lipinski definition) is 4. The summed E-state index contributed by atoms with van der Waals surface area (Å²) in [5.74, 6) is -6.26. The summed E-state index contributed by atoms with van der Waals surface area (Å²) in [4.78, 5) is 50.3. The van der Waals surface area contributed by atoms with Crippen molar-refractivity contribution in [2.24, 2.45) is 0 Å². The molecular formula is C36H31Cl3O12. The van der Waals surface area contributed by atoms with Crippen molar-refractivity contribution >= 4 is 58.7 Å². The number of esters is 4. The molecule has 0 radical (unpaired) electrons. The van der Waals surface area contributed by atoms with Gasteiger partial charge in [0.2, 0.25) is 0 Å². The summed E-state index contributed by atoms with van der Waals surface area (Å²) in [7, 11) is 4.52. The maximum absolute atomic E-state index is 12.9. The molecule has 268 valence electrons. The number of carbonyl (C=O) groups is 4. The molecule has 0 saturated carbocycles. The summed E-state index contributed by atoms with van der Waals surface area (Å²) in [5, 5.41) is 42.7. The molecule has 0 aromatic heterocycles. The first-order chi connectivity index (χ1) is 24.2. The molecule has 0 atom stereocenters. The van der Waals surface area contributed by atoms with Gasteiger partial charge in [-0.25, -0.2) is 19.2 Å². The van der Waals surface area contributed by atoms with Crippen molar-refractivity contribution in [3.05, 3.63) is 114 Å². The van der Waals surface area contributed by atoms with E-state index in [4.69, 9.17) is 53.8 Å². The summed E-state index contributed by atoms with van der Waals surface area (Å²) in [6.45, 7) is 0. The number of aromatic hydroxyl groups is 4. The smallest absolute Gasteiger partial charge is 0.341 e. The minimum atomic E-state index is -0.879. The van der Waals surface area contributed by atoms with E-state index < -0.39 is 52.8 Å². The van der Waals surface area contributed by atoms with Crippen molar-refractivity contribution in [3.63, 3.8) is 0 Å². The van der Waals surface area contributed by atoms with Crippen molar-refractivity contribution < 1.29 is 58.6 Å². The molecule has 0 unspecified atom stereocenters.